The van der Waals surface area contributed by atoms with Gasteiger partial charge in [-0.25, -0.2) is 4.79 Å². The molecule has 2 aromatic carbocycles. The fraction of sp³-hybridized carbons (Fsp3) is 0.105. The highest BCUT2D eigenvalue weighted by Gasteiger charge is 2.13. The maximum absolute atomic E-state index is 11.5. The molecule has 5 nitrogen and oxygen atoms in total. The lowest BCUT2D eigenvalue weighted by molar-refractivity contribution is -0.137. The normalized spacial score (nSPS) is 11.2. The van der Waals surface area contributed by atoms with Gasteiger partial charge in [0.05, 0.1) is 6.61 Å². The van der Waals surface area contributed by atoms with Crippen molar-refractivity contribution >= 4 is 23.0 Å². The summed E-state index contributed by atoms with van der Waals surface area (Å²) in [5.41, 5.74) is 1.79. The molecule has 0 aliphatic carbocycles. The molecule has 0 spiro atoms. The highest BCUT2D eigenvalue weighted by atomic mass is 16.5. The first-order chi connectivity index (χ1) is 11.6. The minimum absolute atomic E-state index is 0.265. The number of furan rings is 1. The van der Waals surface area contributed by atoms with Gasteiger partial charge < -0.3 is 19.4 Å². The molecule has 0 unspecified atom stereocenters. The van der Waals surface area contributed by atoms with E-state index in [9.17, 15) is 15.0 Å². The third-order valence-electron chi connectivity index (χ3n) is 3.52. The average Bonchev–Trinajstić information content (AvgIpc) is 2.99. The van der Waals surface area contributed by atoms with Crippen molar-refractivity contribution in [3.8, 4) is 22.8 Å². The number of ether oxygens (including phenoxy) is 1. The molecule has 122 valence electrons. The van der Waals surface area contributed by atoms with Crippen LogP contribution in [-0.2, 0) is 9.53 Å². The molecule has 0 radical (unpaired) electrons. The van der Waals surface area contributed by atoms with E-state index in [0.29, 0.717) is 22.5 Å². The molecule has 2 N–H and O–H groups in total. The Hall–Kier alpha value is -3.21. The Bertz CT molecular complexity index is 888. The number of carbonyl (C=O) groups is 1. The van der Waals surface area contributed by atoms with Crippen molar-refractivity contribution in [1.82, 2.24) is 0 Å². The zero-order chi connectivity index (χ0) is 17.1. The Balaban J connectivity index is 2.08. The van der Waals surface area contributed by atoms with Crippen molar-refractivity contribution in [2.24, 2.45) is 0 Å². The monoisotopic (exact) mass is 324 g/mol. The summed E-state index contributed by atoms with van der Waals surface area (Å²) >= 11 is 0. The molecule has 24 heavy (non-hydrogen) atoms. The maximum Gasteiger partial charge on any atom is 0.330 e. The number of hydrogen-bond donors (Lipinski definition) is 2. The molecular weight excluding hydrogens is 308 g/mol. The van der Waals surface area contributed by atoms with Gasteiger partial charge in [0.15, 0.2) is 11.5 Å². The smallest absolute Gasteiger partial charge is 0.330 e. The summed E-state index contributed by atoms with van der Waals surface area (Å²) in [6.07, 6.45) is 2.78. The molecule has 1 aromatic heterocycles. The first-order valence-electron chi connectivity index (χ1n) is 7.48. The predicted molar refractivity (Wildman–Crippen MR) is 90.6 cm³/mol. The van der Waals surface area contributed by atoms with Crippen molar-refractivity contribution in [3.05, 3.63) is 54.1 Å². The SMILES string of the molecule is CCOC(=O)/C=C/c1cc(O)c(O)cc1-c1cc2ccccc2o1. The summed E-state index contributed by atoms with van der Waals surface area (Å²) in [6.45, 7) is 2.00. The second-order valence-electron chi connectivity index (χ2n) is 5.16. The van der Waals surface area contributed by atoms with Crippen LogP contribution in [0.4, 0.5) is 0 Å². The fourth-order valence-corrected chi connectivity index (χ4v) is 2.41. The van der Waals surface area contributed by atoms with Crippen LogP contribution >= 0.6 is 0 Å². The van der Waals surface area contributed by atoms with E-state index in [0.717, 1.165) is 5.39 Å². The summed E-state index contributed by atoms with van der Waals surface area (Å²) in [6, 6.07) is 12.1. The molecule has 3 aromatic rings. The number of phenolic OH excluding ortho intramolecular Hbond substituents is 2. The van der Waals surface area contributed by atoms with Crippen LogP contribution < -0.4 is 0 Å². The summed E-state index contributed by atoms with van der Waals surface area (Å²) in [5.74, 6) is -0.507. The van der Waals surface area contributed by atoms with Gasteiger partial charge in [0.1, 0.15) is 11.3 Å². The van der Waals surface area contributed by atoms with Crippen molar-refractivity contribution in [2.45, 2.75) is 6.92 Å². The zero-order valence-corrected chi connectivity index (χ0v) is 13.0. The van der Waals surface area contributed by atoms with E-state index in [1.54, 1.807) is 6.92 Å². The lowest BCUT2D eigenvalue weighted by atomic mass is 10.0. The van der Waals surface area contributed by atoms with Crippen LogP contribution in [0.2, 0.25) is 0 Å². The molecule has 0 amide bonds. The quantitative estimate of drug-likeness (QED) is 0.429. The van der Waals surface area contributed by atoms with E-state index in [-0.39, 0.29) is 18.1 Å². The second-order valence-corrected chi connectivity index (χ2v) is 5.16. The van der Waals surface area contributed by atoms with Gasteiger partial charge in [-0.15, -0.1) is 0 Å². The summed E-state index contributed by atoms with van der Waals surface area (Å²) in [7, 11) is 0. The molecule has 0 fully saturated rings. The van der Waals surface area contributed by atoms with Crippen molar-refractivity contribution < 1.29 is 24.2 Å². The van der Waals surface area contributed by atoms with E-state index in [1.165, 1.54) is 24.3 Å². The van der Waals surface area contributed by atoms with E-state index in [4.69, 9.17) is 9.15 Å². The van der Waals surface area contributed by atoms with Crippen molar-refractivity contribution in [3.63, 3.8) is 0 Å². The minimum Gasteiger partial charge on any atom is -0.504 e. The topological polar surface area (TPSA) is 79.9 Å². The van der Waals surface area contributed by atoms with Gasteiger partial charge in [-0.2, -0.15) is 0 Å². The highest BCUT2D eigenvalue weighted by Crippen LogP contribution is 2.37. The first kappa shape index (κ1) is 15.7. The Labute approximate surface area is 138 Å². The Morgan fingerprint density at radius 2 is 1.92 bits per heavy atom. The molecule has 0 saturated heterocycles. The van der Waals surface area contributed by atoms with Crippen molar-refractivity contribution in [2.75, 3.05) is 6.61 Å². The Morgan fingerprint density at radius 3 is 2.67 bits per heavy atom. The first-order valence-corrected chi connectivity index (χ1v) is 7.48. The molecule has 0 atom stereocenters. The number of hydrogen-bond acceptors (Lipinski definition) is 5. The Kier molecular flexibility index (Phi) is 4.24. The minimum atomic E-state index is -0.486. The van der Waals surface area contributed by atoms with Gasteiger partial charge in [0, 0.05) is 17.0 Å². The molecule has 5 heteroatoms. The molecule has 0 bridgehead atoms. The number of carbonyl (C=O) groups excluding carboxylic acids is 1. The standard InChI is InChI=1S/C19H16O5/c1-2-23-19(22)8-7-12-9-15(20)16(21)11-14(12)18-10-13-5-3-4-6-17(13)24-18/h3-11,20-21H,2H2,1H3/b8-7+. The summed E-state index contributed by atoms with van der Waals surface area (Å²) in [4.78, 5) is 11.5. The number of fused-ring (bicyclic) bond motifs is 1. The van der Waals surface area contributed by atoms with Gasteiger partial charge >= 0.3 is 5.97 Å². The molecule has 1 heterocycles. The Morgan fingerprint density at radius 1 is 1.17 bits per heavy atom. The molecule has 3 rings (SSSR count). The van der Waals surface area contributed by atoms with E-state index < -0.39 is 5.97 Å². The molecule has 0 aliphatic rings. The predicted octanol–water partition coefficient (Wildman–Crippen LogP) is 4.09. The fourth-order valence-electron chi connectivity index (χ4n) is 2.41. The van der Waals surface area contributed by atoms with Crippen LogP contribution in [0, 0.1) is 0 Å². The van der Waals surface area contributed by atoms with Crippen LogP contribution in [0.1, 0.15) is 12.5 Å². The molecule has 0 aliphatic heterocycles. The van der Waals surface area contributed by atoms with Gasteiger partial charge in [-0.3, -0.25) is 0 Å². The highest BCUT2D eigenvalue weighted by molar-refractivity contribution is 5.90. The van der Waals surface area contributed by atoms with Crippen LogP contribution in [-0.4, -0.2) is 22.8 Å². The lowest BCUT2D eigenvalue weighted by Crippen LogP contribution is -1.98. The van der Waals surface area contributed by atoms with Crippen LogP contribution in [0.25, 0.3) is 28.4 Å². The number of benzene rings is 2. The third kappa shape index (κ3) is 3.10. The van der Waals surface area contributed by atoms with Crippen LogP contribution in [0.15, 0.2) is 53.0 Å². The average molecular weight is 324 g/mol. The van der Waals surface area contributed by atoms with Crippen LogP contribution in [0.3, 0.4) is 0 Å². The molecule has 0 saturated carbocycles. The third-order valence-corrected chi connectivity index (χ3v) is 3.52. The van der Waals surface area contributed by atoms with Gasteiger partial charge in [0.2, 0.25) is 0 Å². The summed E-state index contributed by atoms with van der Waals surface area (Å²) < 4.78 is 10.7. The number of aromatic hydroxyl groups is 2. The number of phenols is 2. The van der Waals surface area contributed by atoms with Crippen molar-refractivity contribution in [1.29, 1.82) is 0 Å². The van der Waals surface area contributed by atoms with Crippen LogP contribution in [0.5, 0.6) is 11.5 Å². The van der Waals surface area contributed by atoms with E-state index in [2.05, 4.69) is 0 Å². The van der Waals surface area contributed by atoms with E-state index >= 15 is 0 Å². The lowest BCUT2D eigenvalue weighted by Gasteiger charge is -2.06. The zero-order valence-electron chi connectivity index (χ0n) is 13.0. The van der Waals surface area contributed by atoms with Gasteiger partial charge in [-0.05, 0) is 42.8 Å². The van der Waals surface area contributed by atoms with Gasteiger partial charge in [0.25, 0.3) is 0 Å². The van der Waals surface area contributed by atoms with E-state index in [1.807, 2.05) is 30.3 Å². The maximum atomic E-state index is 11.5. The number of para-hydroxylation sites is 1. The largest absolute Gasteiger partial charge is 0.504 e. The van der Waals surface area contributed by atoms with Gasteiger partial charge in [-0.1, -0.05) is 18.2 Å². The molecular formula is C19H16O5. The number of esters is 1. The number of rotatable bonds is 4. The second kappa shape index (κ2) is 6.50. The summed E-state index contributed by atoms with van der Waals surface area (Å²) in [5, 5.41) is 20.5.